The molecule has 0 amide bonds. The largest absolute Gasteiger partial charge is 0.162 e. The minimum absolute atomic E-state index is 0.418. The highest BCUT2D eigenvalue weighted by Crippen LogP contribution is 2.31. The van der Waals surface area contributed by atoms with Crippen LogP contribution < -0.4 is 0 Å². The van der Waals surface area contributed by atoms with Gasteiger partial charge in [-0.2, -0.15) is 23.5 Å². The Morgan fingerprint density at radius 3 is 1.23 bits per heavy atom. The lowest BCUT2D eigenvalue weighted by Gasteiger charge is -2.21. The standard InChI is InChI=1S/C17H28S.C7H16S/c1-11-12(2)14(4)16(15(5)13(11)3)9-18-10-17(6,7)8;1-5-8-6-7(2,3)4/h9-10H2,1-8H3;5-6H2,1-4H3. The molecule has 1 aromatic carbocycles. The number of hydrogen-bond acceptors (Lipinski definition) is 2. The smallest absolute Gasteiger partial charge is 0.0190 e. The Morgan fingerprint density at radius 2 is 0.923 bits per heavy atom. The van der Waals surface area contributed by atoms with Crippen LogP contribution in [-0.2, 0) is 5.75 Å². The fourth-order valence-electron chi connectivity index (χ4n) is 2.66. The predicted molar refractivity (Wildman–Crippen MR) is 128 cm³/mol. The predicted octanol–water partition coefficient (Wildman–Crippen LogP) is 8.29. The summed E-state index contributed by atoms with van der Waals surface area (Å²) in [6.07, 6.45) is 0. The van der Waals surface area contributed by atoms with Crippen molar-refractivity contribution >= 4 is 23.5 Å². The lowest BCUT2D eigenvalue weighted by atomic mass is 9.90. The minimum Gasteiger partial charge on any atom is -0.162 e. The molecule has 0 atom stereocenters. The van der Waals surface area contributed by atoms with Crippen LogP contribution in [0.4, 0.5) is 0 Å². The highest BCUT2D eigenvalue weighted by atomic mass is 32.2. The maximum absolute atomic E-state index is 2.31. The van der Waals surface area contributed by atoms with Gasteiger partial charge in [-0.05, 0) is 96.1 Å². The molecule has 0 fully saturated rings. The average molecular weight is 397 g/mol. The first-order valence-corrected chi connectivity index (χ1v) is 12.2. The Bertz CT molecular complexity index is 528. The summed E-state index contributed by atoms with van der Waals surface area (Å²) in [6, 6.07) is 0. The summed E-state index contributed by atoms with van der Waals surface area (Å²) in [5, 5.41) is 0. The maximum Gasteiger partial charge on any atom is 0.0190 e. The van der Waals surface area contributed by atoms with Gasteiger partial charge in [0, 0.05) is 5.75 Å². The Morgan fingerprint density at radius 1 is 0.577 bits per heavy atom. The molecule has 26 heavy (non-hydrogen) atoms. The zero-order chi connectivity index (χ0) is 20.7. The van der Waals surface area contributed by atoms with Crippen LogP contribution in [0.1, 0.15) is 81.8 Å². The summed E-state index contributed by atoms with van der Waals surface area (Å²) in [5.74, 6) is 4.90. The monoisotopic (exact) mass is 396 g/mol. The van der Waals surface area contributed by atoms with Crippen LogP contribution in [-0.4, -0.2) is 17.3 Å². The van der Waals surface area contributed by atoms with E-state index in [1.54, 1.807) is 5.56 Å². The van der Waals surface area contributed by atoms with Gasteiger partial charge in [-0.3, -0.25) is 0 Å². The lowest BCUT2D eigenvalue weighted by Crippen LogP contribution is -2.09. The molecule has 152 valence electrons. The lowest BCUT2D eigenvalue weighted by molar-refractivity contribution is 0.480. The van der Waals surface area contributed by atoms with E-state index >= 15 is 0 Å². The highest BCUT2D eigenvalue weighted by Gasteiger charge is 2.14. The van der Waals surface area contributed by atoms with Gasteiger partial charge in [-0.25, -0.2) is 0 Å². The molecule has 0 radical (unpaired) electrons. The van der Waals surface area contributed by atoms with E-state index in [0.29, 0.717) is 10.8 Å². The van der Waals surface area contributed by atoms with E-state index in [1.807, 2.05) is 11.8 Å². The normalized spacial score (nSPS) is 12.0. The van der Waals surface area contributed by atoms with Crippen molar-refractivity contribution in [3.8, 4) is 0 Å². The van der Waals surface area contributed by atoms with E-state index in [1.165, 1.54) is 45.1 Å². The van der Waals surface area contributed by atoms with Crippen molar-refractivity contribution in [1.82, 2.24) is 0 Å². The molecule has 0 nitrogen and oxygen atoms in total. The van der Waals surface area contributed by atoms with Crippen molar-refractivity contribution < 1.29 is 0 Å². The molecule has 0 aromatic heterocycles. The average Bonchev–Trinajstić information content (AvgIpc) is 2.51. The molecule has 0 aliphatic rings. The van der Waals surface area contributed by atoms with Crippen molar-refractivity contribution in [2.45, 2.75) is 88.8 Å². The van der Waals surface area contributed by atoms with Crippen LogP contribution in [0.2, 0.25) is 0 Å². The Kier molecular flexibility index (Phi) is 11.0. The maximum atomic E-state index is 2.31. The zero-order valence-corrected chi connectivity index (χ0v) is 21.3. The molecule has 0 saturated heterocycles. The third-order valence-electron chi connectivity index (χ3n) is 4.68. The summed E-state index contributed by atoms with van der Waals surface area (Å²) in [7, 11) is 0. The first kappa shape index (κ1) is 25.9. The van der Waals surface area contributed by atoms with E-state index < -0.39 is 0 Å². The number of hydrogen-bond donors (Lipinski definition) is 0. The second-order valence-electron chi connectivity index (χ2n) is 9.85. The topological polar surface area (TPSA) is 0 Å². The number of thioether (sulfide) groups is 2. The zero-order valence-electron chi connectivity index (χ0n) is 19.6. The molecule has 0 unspecified atom stereocenters. The first-order valence-electron chi connectivity index (χ1n) is 9.92. The van der Waals surface area contributed by atoms with Crippen LogP contribution in [0.25, 0.3) is 0 Å². The van der Waals surface area contributed by atoms with E-state index in [4.69, 9.17) is 0 Å². The quantitative estimate of drug-likeness (QED) is 0.491. The Balaban J connectivity index is 0.000000660. The van der Waals surface area contributed by atoms with E-state index in [9.17, 15) is 0 Å². The molecular weight excluding hydrogens is 352 g/mol. The molecule has 0 aliphatic carbocycles. The van der Waals surface area contributed by atoms with Crippen LogP contribution in [0.15, 0.2) is 0 Å². The SMILES string of the molecule is CCSCC(C)(C)C.Cc1c(C)c(C)c(CSCC(C)(C)C)c(C)c1C. The van der Waals surface area contributed by atoms with Crippen LogP contribution >= 0.6 is 23.5 Å². The molecule has 0 spiro atoms. The number of benzene rings is 1. The van der Waals surface area contributed by atoms with Gasteiger partial charge in [-0.1, -0.05) is 48.5 Å². The van der Waals surface area contributed by atoms with Crippen molar-refractivity contribution in [3.05, 3.63) is 33.4 Å². The summed E-state index contributed by atoms with van der Waals surface area (Å²) in [5.41, 5.74) is 9.91. The fraction of sp³-hybridized carbons (Fsp3) is 0.750. The molecule has 0 bridgehead atoms. The number of rotatable bonds is 5. The molecular formula is C24H44S2. The van der Waals surface area contributed by atoms with E-state index in [2.05, 4.69) is 94.8 Å². The molecule has 1 aromatic rings. The van der Waals surface area contributed by atoms with Crippen LogP contribution in [0.5, 0.6) is 0 Å². The van der Waals surface area contributed by atoms with Crippen molar-refractivity contribution in [3.63, 3.8) is 0 Å². The fourth-order valence-corrected chi connectivity index (χ4v) is 4.83. The van der Waals surface area contributed by atoms with Crippen LogP contribution in [0.3, 0.4) is 0 Å². The second-order valence-corrected chi connectivity index (χ2v) is 12.1. The third-order valence-corrected chi connectivity index (χ3v) is 7.72. The third kappa shape index (κ3) is 9.74. The minimum atomic E-state index is 0.418. The molecule has 2 heteroatoms. The molecule has 0 saturated carbocycles. The van der Waals surface area contributed by atoms with Crippen molar-refractivity contribution in [2.75, 3.05) is 17.3 Å². The highest BCUT2D eigenvalue weighted by molar-refractivity contribution is 7.99. The van der Waals surface area contributed by atoms with Gasteiger partial charge in [0.05, 0.1) is 0 Å². The summed E-state index contributed by atoms with van der Waals surface area (Å²) >= 11 is 4.08. The Labute approximate surface area is 173 Å². The van der Waals surface area contributed by atoms with Gasteiger partial charge in [0.15, 0.2) is 0 Å². The van der Waals surface area contributed by atoms with E-state index in [-0.39, 0.29) is 0 Å². The van der Waals surface area contributed by atoms with E-state index in [0.717, 1.165) is 5.75 Å². The summed E-state index contributed by atoms with van der Waals surface area (Å²) in [4.78, 5) is 0. The van der Waals surface area contributed by atoms with Crippen molar-refractivity contribution in [1.29, 1.82) is 0 Å². The molecule has 0 N–H and O–H groups in total. The molecule has 0 aliphatic heterocycles. The second kappa shape index (κ2) is 11.1. The summed E-state index contributed by atoms with van der Waals surface area (Å²) in [6.45, 7) is 27.3. The summed E-state index contributed by atoms with van der Waals surface area (Å²) < 4.78 is 0. The van der Waals surface area contributed by atoms with Gasteiger partial charge in [0.25, 0.3) is 0 Å². The van der Waals surface area contributed by atoms with Gasteiger partial charge < -0.3 is 0 Å². The van der Waals surface area contributed by atoms with Gasteiger partial charge in [0.1, 0.15) is 0 Å². The van der Waals surface area contributed by atoms with Gasteiger partial charge in [0.2, 0.25) is 0 Å². The first-order chi connectivity index (χ1) is 11.7. The Hall–Kier alpha value is -0.0800. The molecule has 1 rings (SSSR count). The van der Waals surface area contributed by atoms with Gasteiger partial charge >= 0.3 is 0 Å². The van der Waals surface area contributed by atoms with Crippen LogP contribution in [0, 0.1) is 45.4 Å². The van der Waals surface area contributed by atoms with Crippen molar-refractivity contribution in [2.24, 2.45) is 10.8 Å². The van der Waals surface area contributed by atoms with Gasteiger partial charge in [-0.15, -0.1) is 0 Å². The molecule has 0 heterocycles.